The van der Waals surface area contributed by atoms with Crippen LogP contribution in [0, 0.1) is 0 Å². The molecular formula is C7H16ClNO2. The van der Waals surface area contributed by atoms with Crippen LogP contribution in [0.5, 0.6) is 0 Å². The summed E-state index contributed by atoms with van der Waals surface area (Å²) in [6.07, 6.45) is -0.450. The summed E-state index contributed by atoms with van der Waals surface area (Å²) >= 11 is 5.47. The van der Waals surface area contributed by atoms with Crippen LogP contribution in [0.1, 0.15) is 20.3 Å². The maximum absolute atomic E-state index is 9.13. The summed E-state index contributed by atoms with van der Waals surface area (Å²) in [5, 5.41) is 18.3. The van der Waals surface area contributed by atoms with Crippen LogP contribution in [0.15, 0.2) is 0 Å². The summed E-state index contributed by atoms with van der Waals surface area (Å²) in [7, 11) is 0. The lowest BCUT2D eigenvalue weighted by atomic mass is 10.3. The molecule has 0 amide bonds. The molecule has 0 heterocycles. The van der Waals surface area contributed by atoms with Crippen LogP contribution < -0.4 is 0 Å². The van der Waals surface area contributed by atoms with Crippen molar-refractivity contribution >= 4 is 11.6 Å². The molecule has 0 rings (SSSR count). The first-order valence-electron chi connectivity index (χ1n) is 3.77. The zero-order chi connectivity index (χ0) is 8.85. The van der Waals surface area contributed by atoms with Gasteiger partial charge in [-0.15, -0.1) is 11.6 Å². The fourth-order valence-electron chi connectivity index (χ4n) is 0.928. The first kappa shape index (κ1) is 11.2. The standard InChI is InChI=1S/C7H16ClNO2/c1-6(10)9(7(2)11)5-3-4-8/h6-7,10-11H,3-5H2,1-2H3. The molecule has 0 radical (unpaired) electrons. The van der Waals surface area contributed by atoms with Gasteiger partial charge < -0.3 is 10.2 Å². The van der Waals surface area contributed by atoms with E-state index in [-0.39, 0.29) is 0 Å². The van der Waals surface area contributed by atoms with Gasteiger partial charge in [0, 0.05) is 12.4 Å². The van der Waals surface area contributed by atoms with Gasteiger partial charge in [-0.3, -0.25) is 4.90 Å². The van der Waals surface area contributed by atoms with Crippen LogP contribution >= 0.6 is 11.6 Å². The predicted molar refractivity (Wildman–Crippen MR) is 45.4 cm³/mol. The van der Waals surface area contributed by atoms with Gasteiger partial charge in [0.25, 0.3) is 0 Å². The molecule has 68 valence electrons. The minimum absolute atomic E-state index is 0.552. The van der Waals surface area contributed by atoms with E-state index in [9.17, 15) is 0 Å². The molecule has 0 bridgehead atoms. The Kier molecular flexibility index (Phi) is 5.86. The third-order valence-corrected chi connectivity index (χ3v) is 1.78. The van der Waals surface area contributed by atoms with Crippen molar-refractivity contribution in [3.63, 3.8) is 0 Å². The van der Waals surface area contributed by atoms with Crippen LogP contribution in [0.2, 0.25) is 0 Å². The SMILES string of the molecule is CC(O)N(CCCCl)C(C)O. The highest BCUT2D eigenvalue weighted by Crippen LogP contribution is 2.02. The summed E-state index contributed by atoms with van der Waals surface area (Å²) in [6, 6.07) is 0. The molecule has 0 aromatic heterocycles. The number of rotatable bonds is 5. The number of hydrogen-bond acceptors (Lipinski definition) is 3. The lowest BCUT2D eigenvalue weighted by Crippen LogP contribution is -2.40. The van der Waals surface area contributed by atoms with Crippen LogP contribution in [0.4, 0.5) is 0 Å². The van der Waals surface area contributed by atoms with Crippen molar-refractivity contribution in [2.75, 3.05) is 12.4 Å². The summed E-state index contributed by atoms with van der Waals surface area (Å²) in [5.41, 5.74) is 0. The third kappa shape index (κ3) is 4.58. The molecule has 0 saturated heterocycles. The van der Waals surface area contributed by atoms with Crippen molar-refractivity contribution in [1.29, 1.82) is 0 Å². The van der Waals surface area contributed by atoms with Gasteiger partial charge in [-0.1, -0.05) is 0 Å². The average Bonchev–Trinajstić information content (AvgIpc) is 1.87. The maximum Gasteiger partial charge on any atom is 0.106 e. The summed E-state index contributed by atoms with van der Waals surface area (Å²) in [5.74, 6) is 0.552. The fraction of sp³-hybridized carbons (Fsp3) is 1.00. The summed E-state index contributed by atoms with van der Waals surface area (Å²) in [4.78, 5) is 1.57. The molecule has 0 aliphatic rings. The van der Waals surface area contributed by atoms with Crippen molar-refractivity contribution in [2.24, 2.45) is 0 Å². The van der Waals surface area contributed by atoms with Crippen molar-refractivity contribution in [3.8, 4) is 0 Å². The van der Waals surface area contributed by atoms with E-state index in [4.69, 9.17) is 21.8 Å². The van der Waals surface area contributed by atoms with Crippen molar-refractivity contribution in [3.05, 3.63) is 0 Å². The number of halogens is 1. The Labute approximate surface area is 72.6 Å². The van der Waals surface area contributed by atoms with E-state index in [0.29, 0.717) is 12.4 Å². The van der Waals surface area contributed by atoms with E-state index in [1.54, 1.807) is 18.7 Å². The normalized spacial score (nSPS) is 16.9. The molecule has 3 nitrogen and oxygen atoms in total. The maximum atomic E-state index is 9.13. The minimum atomic E-state index is -0.613. The van der Waals surface area contributed by atoms with Gasteiger partial charge in [-0.25, -0.2) is 0 Å². The Hall–Kier alpha value is 0.170. The number of hydrogen-bond donors (Lipinski definition) is 2. The Bertz CT molecular complexity index is 90.4. The van der Waals surface area contributed by atoms with Gasteiger partial charge in [-0.2, -0.15) is 0 Å². The number of aliphatic hydroxyl groups is 2. The van der Waals surface area contributed by atoms with Crippen LogP contribution in [0.3, 0.4) is 0 Å². The highest BCUT2D eigenvalue weighted by molar-refractivity contribution is 6.17. The van der Waals surface area contributed by atoms with Crippen LogP contribution in [-0.2, 0) is 0 Å². The van der Waals surface area contributed by atoms with Crippen molar-refractivity contribution < 1.29 is 10.2 Å². The van der Waals surface area contributed by atoms with Gasteiger partial charge in [-0.05, 0) is 20.3 Å². The molecule has 2 atom stereocenters. The largest absolute Gasteiger partial charge is 0.379 e. The topological polar surface area (TPSA) is 43.7 Å². The second kappa shape index (κ2) is 5.77. The minimum Gasteiger partial charge on any atom is -0.379 e. The van der Waals surface area contributed by atoms with Crippen LogP contribution in [-0.4, -0.2) is 40.0 Å². The second-order valence-corrected chi connectivity index (χ2v) is 2.92. The second-order valence-electron chi connectivity index (χ2n) is 2.54. The summed E-state index contributed by atoms with van der Waals surface area (Å²) < 4.78 is 0. The molecule has 4 heteroatoms. The van der Waals surface area contributed by atoms with E-state index in [0.717, 1.165) is 6.42 Å². The number of nitrogens with zero attached hydrogens (tertiary/aromatic N) is 1. The predicted octanol–water partition coefficient (Wildman–Crippen LogP) is 0.594. The Morgan fingerprint density at radius 3 is 2.00 bits per heavy atom. The zero-order valence-corrected chi connectivity index (χ0v) is 7.75. The molecule has 0 aliphatic heterocycles. The van der Waals surface area contributed by atoms with E-state index in [1.165, 1.54) is 0 Å². The molecule has 0 saturated carbocycles. The van der Waals surface area contributed by atoms with E-state index >= 15 is 0 Å². The Morgan fingerprint density at radius 2 is 1.73 bits per heavy atom. The summed E-state index contributed by atoms with van der Waals surface area (Å²) in [6.45, 7) is 3.88. The molecule has 11 heavy (non-hydrogen) atoms. The van der Waals surface area contributed by atoms with Crippen molar-refractivity contribution in [2.45, 2.75) is 32.7 Å². The first-order valence-corrected chi connectivity index (χ1v) is 4.31. The molecule has 2 unspecified atom stereocenters. The smallest absolute Gasteiger partial charge is 0.106 e. The lowest BCUT2D eigenvalue weighted by Gasteiger charge is -2.27. The Morgan fingerprint density at radius 1 is 1.27 bits per heavy atom. The molecule has 0 aromatic rings. The lowest BCUT2D eigenvalue weighted by molar-refractivity contribution is -0.0835. The molecule has 0 fully saturated rings. The molecule has 0 aromatic carbocycles. The quantitative estimate of drug-likeness (QED) is 0.482. The van der Waals surface area contributed by atoms with Crippen molar-refractivity contribution in [1.82, 2.24) is 4.90 Å². The van der Waals surface area contributed by atoms with Gasteiger partial charge in [0.2, 0.25) is 0 Å². The number of alkyl halides is 1. The van der Waals surface area contributed by atoms with Gasteiger partial charge in [0.1, 0.15) is 12.5 Å². The average molecular weight is 182 g/mol. The van der Waals surface area contributed by atoms with E-state index < -0.39 is 12.5 Å². The van der Waals surface area contributed by atoms with Gasteiger partial charge >= 0.3 is 0 Å². The fourth-order valence-corrected chi connectivity index (χ4v) is 1.05. The molecular weight excluding hydrogens is 166 g/mol. The van der Waals surface area contributed by atoms with Gasteiger partial charge in [0.05, 0.1) is 0 Å². The monoisotopic (exact) mass is 181 g/mol. The first-order chi connectivity index (χ1) is 5.09. The van der Waals surface area contributed by atoms with E-state index in [2.05, 4.69) is 0 Å². The highest BCUT2D eigenvalue weighted by Gasteiger charge is 2.14. The van der Waals surface area contributed by atoms with Gasteiger partial charge in [0.15, 0.2) is 0 Å². The third-order valence-electron chi connectivity index (χ3n) is 1.51. The highest BCUT2D eigenvalue weighted by atomic mass is 35.5. The van der Waals surface area contributed by atoms with E-state index in [1.807, 2.05) is 0 Å². The Balaban J connectivity index is 3.70. The molecule has 0 spiro atoms. The molecule has 2 N–H and O–H groups in total. The molecule has 0 aliphatic carbocycles. The zero-order valence-electron chi connectivity index (χ0n) is 7.00. The van der Waals surface area contributed by atoms with Crippen LogP contribution in [0.25, 0.3) is 0 Å². The number of aliphatic hydroxyl groups excluding tert-OH is 2.